The topological polar surface area (TPSA) is 12.0 Å². The second kappa shape index (κ2) is 9.32. The minimum Gasteiger partial charge on any atom is -0.356 e. The van der Waals surface area contributed by atoms with Crippen LogP contribution in [0.4, 0.5) is 11.4 Å². The zero-order valence-corrected chi connectivity index (χ0v) is 19.4. The van der Waals surface area contributed by atoms with Crippen molar-refractivity contribution < 1.29 is 0 Å². The van der Waals surface area contributed by atoms with Gasteiger partial charge in [0.25, 0.3) is 0 Å². The third kappa shape index (κ3) is 4.32. The molecule has 0 amide bonds. The molecule has 1 nitrogen and oxygen atoms in total. The summed E-state index contributed by atoms with van der Waals surface area (Å²) >= 11 is 0. The molecule has 1 N–H and O–H groups in total. The van der Waals surface area contributed by atoms with Crippen molar-refractivity contribution in [1.82, 2.24) is 0 Å². The summed E-state index contributed by atoms with van der Waals surface area (Å²) in [4.78, 5) is 0. The summed E-state index contributed by atoms with van der Waals surface area (Å²) in [7, 11) is 0. The number of nitrogens with one attached hydrogen (secondary N) is 1. The molecular formula is C34H25N. The van der Waals surface area contributed by atoms with E-state index in [1.54, 1.807) is 0 Å². The van der Waals surface area contributed by atoms with Gasteiger partial charge in [0, 0.05) is 11.4 Å². The molecule has 0 aliphatic carbocycles. The summed E-state index contributed by atoms with van der Waals surface area (Å²) in [6, 6.07) is 51.5. The van der Waals surface area contributed by atoms with Crippen LogP contribution in [0.15, 0.2) is 146 Å². The van der Waals surface area contributed by atoms with Crippen LogP contribution < -0.4 is 5.32 Å². The van der Waals surface area contributed by atoms with Crippen LogP contribution in [-0.4, -0.2) is 0 Å². The molecule has 0 atom stereocenters. The lowest BCUT2D eigenvalue weighted by Gasteiger charge is -2.14. The molecule has 0 aromatic heterocycles. The van der Waals surface area contributed by atoms with Gasteiger partial charge in [-0.25, -0.2) is 0 Å². The first kappa shape index (κ1) is 20.9. The van der Waals surface area contributed by atoms with Crippen molar-refractivity contribution in [3.8, 4) is 33.4 Å². The molecule has 0 aliphatic rings. The molecule has 0 saturated heterocycles. The fraction of sp³-hybridized carbons (Fsp3) is 0. The Morgan fingerprint density at radius 1 is 0.343 bits per heavy atom. The average Bonchev–Trinajstić information content (AvgIpc) is 2.94. The first-order chi connectivity index (χ1) is 17.3. The summed E-state index contributed by atoms with van der Waals surface area (Å²) < 4.78 is 0. The van der Waals surface area contributed by atoms with E-state index in [0.29, 0.717) is 0 Å². The van der Waals surface area contributed by atoms with Crippen LogP contribution in [0.3, 0.4) is 0 Å². The molecule has 0 heterocycles. The highest BCUT2D eigenvalue weighted by atomic mass is 14.9. The monoisotopic (exact) mass is 447 g/mol. The summed E-state index contributed by atoms with van der Waals surface area (Å²) in [6.45, 7) is 0. The van der Waals surface area contributed by atoms with E-state index in [1.165, 1.54) is 44.2 Å². The van der Waals surface area contributed by atoms with Crippen molar-refractivity contribution in [1.29, 1.82) is 0 Å². The third-order valence-electron chi connectivity index (χ3n) is 6.46. The predicted octanol–water partition coefficient (Wildman–Crippen LogP) is 9.58. The molecule has 0 bridgehead atoms. The molecule has 6 rings (SSSR count). The van der Waals surface area contributed by atoms with Gasteiger partial charge in [-0.15, -0.1) is 0 Å². The number of hydrogen-bond donors (Lipinski definition) is 1. The molecule has 0 unspecified atom stereocenters. The van der Waals surface area contributed by atoms with Crippen LogP contribution in [0.1, 0.15) is 0 Å². The predicted molar refractivity (Wildman–Crippen MR) is 150 cm³/mol. The Morgan fingerprint density at radius 2 is 0.914 bits per heavy atom. The molecule has 6 aromatic carbocycles. The molecule has 0 radical (unpaired) electrons. The summed E-state index contributed by atoms with van der Waals surface area (Å²) in [5.74, 6) is 0. The van der Waals surface area contributed by atoms with E-state index < -0.39 is 0 Å². The van der Waals surface area contributed by atoms with Gasteiger partial charge >= 0.3 is 0 Å². The molecule has 166 valence electrons. The normalized spacial score (nSPS) is 10.9. The van der Waals surface area contributed by atoms with Crippen molar-refractivity contribution in [2.24, 2.45) is 0 Å². The summed E-state index contributed by atoms with van der Waals surface area (Å²) in [5, 5.41) is 6.15. The highest BCUT2D eigenvalue weighted by Gasteiger charge is 2.09. The second-order valence-electron chi connectivity index (χ2n) is 8.72. The average molecular weight is 448 g/mol. The van der Waals surface area contributed by atoms with Crippen molar-refractivity contribution in [2.75, 3.05) is 5.32 Å². The zero-order valence-electron chi connectivity index (χ0n) is 19.4. The van der Waals surface area contributed by atoms with Crippen LogP contribution in [0.2, 0.25) is 0 Å². The van der Waals surface area contributed by atoms with Gasteiger partial charge in [-0.1, -0.05) is 121 Å². The third-order valence-corrected chi connectivity index (χ3v) is 6.46. The minimum atomic E-state index is 1.07. The minimum absolute atomic E-state index is 1.07. The Bertz CT molecular complexity index is 1580. The molecule has 0 spiro atoms. The van der Waals surface area contributed by atoms with E-state index in [1.807, 2.05) is 0 Å². The van der Waals surface area contributed by atoms with Gasteiger partial charge in [-0.3, -0.25) is 0 Å². The van der Waals surface area contributed by atoms with Gasteiger partial charge in [-0.05, 0) is 68.4 Å². The summed E-state index contributed by atoms with van der Waals surface area (Å²) in [5.41, 5.74) is 9.49. The van der Waals surface area contributed by atoms with Crippen LogP contribution in [0.25, 0.3) is 44.2 Å². The second-order valence-corrected chi connectivity index (χ2v) is 8.72. The van der Waals surface area contributed by atoms with Gasteiger partial charge in [-0.2, -0.15) is 0 Å². The lowest BCUT2D eigenvalue weighted by Crippen LogP contribution is -1.93. The smallest absolute Gasteiger partial charge is 0.0390 e. The van der Waals surface area contributed by atoms with Gasteiger partial charge < -0.3 is 5.32 Å². The van der Waals surface area contributed by atoms with Gasteiger partial charge in [0.15, 0.2) is 0 Å². The number of hydrogen-bond acceptors (Lipinski definition) is 1. The molecule has 0 fully saturated rings. The van der Waals surface area contributed by atoms with Crippen LogP contribution in [0, 0.1) is 0 Å². The molecular weight excluding hydrogens is 422 g/mol. The van der Waals surface area contributed by atoms with Crippen LogP contribution >= 0.6 is 0 Å². The van der Waals surface area contributed by atoms with Crippen molar-refractivity contribution in [3.63, 3.8) is 0 Å². The van der Waals surface area contributed by atoms with E-state index >= 15 is 0 Å². The Labute approximate surface area is 206 Å². The molecule has 1 heteroatoms. The highest BCUT2D eigenvalue weighted by molar-refractivity contribution is 5.96. The SMILES string of the molecule is c1ccc(-c2ccc(Nc3ccc(-c4cccc5ccccc45)cc3)cc2-c2ccccc2)cc1. The standard InChI is InChI=1S/C34H25N/c1-3-10-25(11-4-1)33-23-22-30(24-34(33)27-12-5-2-6-13-27)35-29-20-18-28(19-21-29)32-17-9-15-26-14-7-8-16-31(26)32/h1-24,35H. The van der Waals surface area contributed by atoms with E-state index in [-0.39, 0.29) is 0 Å². The fourth-order valence-corrected chi connectivity index (χ4v) is 4.72. The Hall–Kier alpha value is -4.62. The maximum Gasteiger partial charge on any atom is 0.0390 e. The maximum absolute atomic E-state index is 3.61. The molecule has 0 saturated carbocycles. The van der Waals surface area contributed by atoms with Crippen LogP contribution in [0.5, 0.6) is 0 Å². The molecule has 0 aliphatic heterocycles. The first-order valence-electron chi connectivity index (χ1n) is 12.0. The highest BCUT2D eigenvalue weighted by Crippen LogP contribution is 2.35. The number of benzene rings is 6. The lowest BCUT2D eigenvalue weighted by atomic mass is 9.94. The van der Waals surface area contributed by atoms with Crippen LogP contribution in [-0.2, 0) is 0 Å². The van der Waals surface area contributed by atoms with Crippen molar-refractivity contribution >= 4 is 22.1 Å². The molecule has 35 heavy (non-hydrogen) atoms. The number of fused-ring (bicyclic) bond motifs is 1. The zero-order chi connectivity index (χ0) is 23.5. The van der Waals surface area contributed by atoms with Crippen molar-refractivity contribution in [3.05, 3.63) is 146 Å². The van der Waals surface area contributed by atoms with Crippen molar-refractivity contribution in [2.45, 2.75) is 0 Å². The van der Waals surface area contributed by atoms with E-state index in [9.17, 15) is 0 Å². The van der Waals surface area contributed by atoms with E-state index in [4.69, 9.17) is 0 Å². The van der Waals surface area contributed by atoms with Gasteiger partial charge in [0.1, 0.15) is 0 Å². The van der Waals surface area contributed by atoms with Gasteiger partial charge in [0.2, 0.25) is 0 Å². The Morgan fingerprint density at radius 3 is 1.66 bits per heavy atom. The number of anilines is 2. The largest absolute Gasteiger partial charge is 0.356 e. The lowest BCUT2D eigenvalue weighted by molar-refractivity contribution is 1.52. The Kier molecular flexibility index (Phi) is 5.58. The van der Waals surface area contributed by atoms with E-state index in [2.05, 4.69) is 151 Å². The Balaban J connectivity index is 1.33. The fourth-order valence-electron chi connectivity index (χ4n) is 4.72. The number of rotatable bonds is 5. The first-order valence-corrected chi connectivity index (χ1v) is 12.0. The maximum atomic E-state index is 3.61. The quantitative estimate of drug-likeness (QED) is 0.277. The summed E-state index contributed by atoms with van der Waals surface area (Å²) in [6.07, 6.45) is 0. The van der Waals surface area contributed by atoms with Gasteiger partial charge in [0.05, 0.1) is 0 Å². The van der Waals surface area contributed by atoms with E-state index in [0.717, 1.165) is 11.4 Å². The molecule has 6 aromatic rings.